The van der Waals surface area contributed by atoms with Crippen LogP contribution in [0.4, 0.5) is 0 Å². The van der Waals surface area contributed by atoms with Crippen LogP contribution in [0, 0.1) is 11.8 Å². The second-order valence-corrected chi connectivity index (χ2v) is 11.9. The Morgan fingerprint density at radius 2 is 1.51 bits per heavy atom. The van der Waals surface area contributed by atoms with Crippen LogP contribution in [0.2, 0.25) is 0 Å². The molecule has 0 heterocycles. The van der Waals surface area contributed by atoms with E-state index in [0.717, 1.165) is 31.6 Å². The van der Waals surface area contributed by atoms with E-state index in [0.29, 0.717) is 5.92 Å². The SMILES string of the molecule is CCCCC=C(C)CCCC(C)=CCCC(C)CCC1=CC(O)C(C)C(C)=C1OCCCCCCCC. The molecular weight excluding hydrogens is 452 g/mol. The van der Waals surface area contributed by atoms with Crippen LogP contribution in [-0.2, 0) is 4.74 Å². The van der Waals surface area contributed by atoms with Gasteiger partial charge in [-0.25, -0.2) is 0 Å². The van der Waals surface area contributed by atoms with E-state index < -0.39 is 0 Å². The number of aliphatic hydroxyl groups is 1. The summed E-state index contributed by atoms with van der Waals surface area (Å²) in [6.07, 6.45) is 26.4. The van der Waals surface area contributed by atoms with Crippen molar-refractivity contribution in [3.63, 3.8) is 0 Å². The first-order valence-electron chi connectivity index (χ1n) is 15.8. The maximum Gasteiger partial charge on any atom is 0.121 e. The monoisotopic (exact) mass is 514 g/mol. The smallest absolute Gasteiger partial charge is 0.121 e. The summed E-state index contributed by atoms with van der Waals surface area (Å²) in [5, 5.41) is 10.6. The minimum Gasteiger partial charge on any atom is -0.493 e. The number of aliphatic hydroxyl groups excluding tert-OH is 1. The van der Waals surface area contributed by atoms with Crippen molar-refractivity contribution >= 4 is 0 Å². The highest BCUT2D eigenvalue weighted by molar-refractivity contribution is 5.37. The van der Waals surface area contributed by atoms with Crippen molar-refractivity contribution in [2.45, 2.75) is 157 Å². The number of ether oxygens (including phenoxy) is 1. The van der Waals surface area contributed by atoms with Gasteiger partial charge >= 0.3 is 0 Å². The van der Waals surface area contributed by atoms with Gasteiger partial charge in [0.25, 0.3) is 0 Å². The quantitative estimate of drug-likeness (QED) is 0.122. The molecule has 1 aliphatic carbocycles. The highest BCUT2D eigenvalue weighted by atomic mass is 16.5. The van der Waals surface area contributed by atoms with E-state index >= 15 is 0 Å². The lowest BCUT2D eigenvalue weighted by molar-refractivity contribution is 0.154. The normalized spacial score (nSPS) is 19.8. The zero-order valence-corrected chi connectivity index (χ0v) is 25.8. The van der Waals surface area contributed by atoms with Crippen molar-refractivity contribution in [3.05, 3.63) is 46.3 Å². The van der Waals surface area contributed by atoms with Gasteiger partial charge in [0, 0.05) is 5.92 Å². The third kappa shape index (κ3) is 15.0. The van der Waals surface area contributed by atoms with E-state index in [4.69, 9.17) is 4.74 Å². The molecule has 0 bridgehead atoms. The molecule has 0 saturated heterocycles. The van der Waals surface area contributed by atoms with Crippen molar-refractivity contribution in [1.82, 2.24) is 0 Å². The van der Waals surface area contributed by atoms with Gasteiger partial charge in [-0.1, -0.05) is 95.9 Å². The van der Waals surface area contributed by atoms with E-state index in [1.165, 1.54) is 94.6 Å². The van der Waals surface area contributed by atoms with E-state index in [2.05, 4.69) is 66.7 Å². The molecule has 0 amide bonds. The number of unbranched alkanes of at least 4 members (excludes halogenated alkanes) is 7. The summed E-state index contributed by atoms with van der Waals surface area (Å²) in [6.45, 7) is 16.6. The predicted molar refractivity (Wildman–Crippen MR) is 164 cm³/mol. The van der Waals surface area contributed by atoms with Crippen molar-refractivity contribution in [3.8, 4) is 0 Å². The van der Waals surface area contributed by atoms with Gasteiger partial charge in [0.2, 0.25) is 0 Å². The molecule has 2 nitrogen and oxygen atoms in total. The third-order valence-electron chi connectivity index (χ3n) is 8.21. The highest BCUT2D eigenvalue weighted by Gasteiger charge is 2.26. The molecule has 1 aliphatic rings. The van der Waals surface area contributed by atoms with E-state index in [1.807, 2.05) is 0 Å². The van der Waals surface area contributed by atoms with Crippen LogP contribution < -0.4 is 0 Å². The first-order valence-corrected chi connectivity index (χ1v) is 15.8. The first kappa shape index (κ1) is 33.7. The van der Waals surface area contributed by atoms with Gasteiger partial charge in [0.15, 0.2) is 0 Å². The fourth-order valence-electron chi connectivity index (χ4n) is 5.17. The minimum absolute atomic E-state index is 0.143. The van der Waals surface area contributed by atoms with Gasteiger partial charge in [-0.2, -0.15) is 0 Å². The molecule has 0 aromatic heterocycles. The fourth-order valence-corrected chi connectivity index (χ4v) is 5.17. The number of allylic oxidation sites excluding steroid dienone is 5. The molecule has 1 N–H and O–H groups in total. The van der Waals surface area contributed by atoms with E-state index in [1.54, 1.807) is 11.1 Å². The Balaban J connectivity index is 2.42. The van der Waals surface area contributed by atoms with Crippen LogP contribution in [0.15, 0.2) is 46.3 Å². The van der Waals surface area contributed by atoms with Gasteiger partial charge in [-0.05, 0) is 102 Å². The first-order chi connectivity index (χ1) is 17.8. The molecule has 1 rings (SSSR count). The topological polar surface area (TPSA) is 29.5 Å². The molecule has 0 spiro atoms. The molecule has 0 aromatic carbocycles. The van der Waals surface area contributed by atoms with Gasteiger partial charge in [-0.15, -0.1) is 0 Å². The zero-order valence-electron chi connectivity index (χ0n) is 25.8. The van der Waals surface area contributed by atoms with Crippen molar-refractivity contribution in [2.75, 3.05) is 6.61 Å². The average molecular weight is 515 g/mol. The molecule has 0 saturated carbocycles. The molecule has 0 fully saturated rings. The second-order valence-electron chi connectivity index (χ2n) is 11.9. The lowest BCUT2D eigenvalue weighted by Gasteiger charge is -2.29. The van der Waals surface area contributed by atoms with Crippen LogP contribution >= 0.6 is 0 Å². The van der Waals surface area contributed by atoms with Gasteiger partial charge in [0.1, 0.15) is 5.76 Å². The minimum atomic E-state index is -0.387. The summed E-state index contributed by atoms with van der Waals surface area (Å²) in [5.41, 5.74) is 5.56. The van der Waals surface area contributed by atoms with Gasteiger partial charge in [-0.3, -0.25) is 0 Å². The van der Waals surface area contributed by atoms with Crippen LogP contribution in [-0.4, -0.2) is 17.8 Å². The summed E-state index contributed by atoms with van der Waals surface area (Å²) in [4.78, 5) is 0. The molecule has 3 atom stereocenters. The molecular formula is C35H62O2. The number of hydrogen-bond donors (Lipinski definition) is 1. The molecule has 2 heteroatoms. The number of rotatable bonds is 21. The van der Waals surface area contributed by atoms with Crippen molar-refractivity contribution in [1.29, 1.82) is 0 Å². The standard InChI is InChI=1S/C35H62O2/c1-8-10-12-13-14-16-26-37-35-32(7)31(6)34(36)27-33(35)25-24-30(5)23-18-22-29(4)21-17-20-28(3)19-15-11-9-2/h19,22,27,30-31,34,36H,8-18,20-21,23-26H2,1-7H3. The molecule has 0 radical (unpaired) electrons. The lowest BCUT2D eigenvalue weighted by atomic mass is 9.84. The largest absolute Gasteiger partial charge is 0.493 e. The maximum absolute atomic E-state index is 10.6. The van der Waals surface area contributed by atoms with Crippen LogP contribution in [0.1, 0.15) is 151 Å². The Bertz CT molecular complexity index is 724. The zero-order chi connectivity index (χ0) is 27.5. The Morgan fingerprint density at radius 1 is 0.892 bits per heavy atom. The molecule has 3 unspecified atom stereocenters. The summed E-state index contributed by atoms with van der Waals surface area (Å²) in [6, 6.07) is 0. The molecule has 214 valence electrons. The van der Waals surface area contributed by atoms with E-state index in [-0.39, 0.29) is 12.0 Å². The maximum atomic E-state index is 10.6. The Kier molecular flexibility index (Phi) is 18.8. The summed E-state index contributed by atoms with van der Waals surface area (Å²) in [7, 11) is 0. The molecule has 0 aliphatic heterocycles. The summed E-state index contributed by atoms with van der Waals surface area (Å²) >= 11 is 0. The predicted octanol–water partition coefficient (Wildman–Crippen LogP) is 11.0. The van der Waals surface area contributed by atoms with Crippen molar-refractivity contribution in [2.24, 2.45) is 11.8 Å². The lowest BCUT2D eigenvalue weighted by Crippen LogP contribution is -2.23. The Morgan fingerprint density at radius 3 is 2.19 bits per heavy atom. The van der Waals surface area contributed by atoms with Gasteiger partial charge in [0.05, 0.1) is 12.7 Å². The van der Waals surface area contributed by atoms with Crippen molar-refractivity contribution < 1.29 is 9.84 Å². The fraction of sp³-hybridized carbons (Fsp3) is 0.771. The Labute approximate surface area is 231 Å². The summed E-state index contributed by atoms with van der Waals surface area (Å²) in [5.74, 6) is 1.89. The Hall–Kier alpha value is -1.28. The van der Waals surface area contributed by atoms with Crippen LogP contribution in [0.3, 0.4) is 0 Å². The molecule has 0 aromatic rings. The second kappa shape index (κ2) is 20.7. The molecule has 37 heavy (non-hydrogen) atoms. The summed E-state index contributed by atoms with van der Waals surface area (Å²) < 4.78 is 6.35. The van der Waals surface area contributed by atoms with Crippen LogP contribution in [0.25, 0.3) is 0 Å². The van der Waals surface area contributed by atoms with Gasteiger partial charge < -0.3 is 9.84 Å². The average Bonchev–Trinajstić information content (AvgIpc) is 2.87. The number of hydrogen-bond acceptors (Lipinski definition) is 2. The van der Waals surface area contributed by atoms with E-state index in [9.17, 15) is 5.11 Å². The van der Waals surface area contributed by atoms with Crippen LogP contribution in [0.5, 0.6) is 0 Å². The highest BCUT2D eigenvalue weighted by Crippen LogP contribution is 2.34. The third-order valence-corrected chi connectivity index (χ3v) is 8.21.